The zero-order chi connectivity index (χ0) is 22.9. The van der Waals surface area contributed by atoms with Crippen LogP contribution >= 0.6 is 0 Å². The van der Waals surface area contributed by atoms with Crippen LogP contribution in [-0.4, -0.2) is 46.1 Å². The maximum Gasteiger partial charge on any atom is 0.276 e. The van der Waals surface area contributed by atoms with Gasteiger partial charge in [0.25, 0.3) is 11.8 Å². The number of pyridine rings is 1. The molecule has 0 radical (unpaired) electrons. The van der Waals surface area contributed by atoms with Crippen molar-refractivity contribution in [2.75, 3.05) is 19.0 Å². The van der Waals surface area contributed by atoms with Crippen molar-refractivity contribution >= 4 is 11.8 Å². The molecule has 0 fully saturated rings. The molecule has 0 saturated heterocycles. The highest BCUT2D eigenvalue weighted by Crippen LogP contribution is 2.19. The van der Waals surface area contributed by atoms with Crippen molar-refractivity contribution in [2.24, 2.45) is 0 Å². The van der Waals surface area contributed by atoms with Crippen molar-refractivity contribution in [1.29, 1.82) is 0 Å². The molecule has 0 spiro atoms. The number of nitrogens with one attached hydrogen (secondary N) is 2. The molecule has 0 bridgehead atoms. The highest BCUT2D eigenvalue weighted by atomic mass is 19.1. The van der Waals surface area contributed by atoms with E-state index in [4.69, 9.17) is 0 Å². The lowest BCUT2D eigenvalue weighted by atomic mass is 10.1. The summed E-state index contributed by atoms with van der Waals surface area (Å²) in [7, 11) is 1.53. The predicted molar refractivity (Wildman–Crippen MR) is 105 cm³/mol. The SMILES string of the molecule is CC1CCCN(C)C(=O)c2c(O)c(=O)c(C(=O)NCc3c(F)cc(F)cc3F)cn2N1. The van der Waals surface area contributed by atoms with Gasteiger partial charge in [-0.05, 0) is 19.8 Å². The first-order chi connectivity index (χ1) is 14.6. The first kappa shape index (κ1) is 22.2. The van der Waals surface area contributed by atoms with Gasteiger partial charge in [0.1, 0.15) is 23.0 Å². The molecule has 1 atom stereocenters. The number of aromatic nitrogens is 1. The summed E-state index contributed by atoms with van der Waals surface area (Å²) in [4.78, 5) is 39.1. The van der Waals surface area contributed by atoms with Gasteiger partial charge in [0.15, 0.2) is 11.4 Å². The van der Waals surface area contributed by atoms with Crippen LogP contribution in [0.4, 0.5) is 13.2 Å². The van der Waals surface area contributed by atoms with Crippen LogP contribution in [0.1, 0.15) is 46.2 Å². The molecule has 1 aliphatic heterocycles. The van der Waals surface area contributed by atoms with E-state index < -0.39 is 58.1 Å². The smallest absolute Gasteiger partial charge is 0.276 e. The second-order valence-electron chi connectivity index (χ2n) is 7.37. The summed E-state index contributed by atoms with van der Waals surface area (Å²) in [6.45, 7) is 1.58. The molecule has 2 heterocycles. The topological polar surface area (TPSA) is 104 Å². The van der Waals surface area contributed by atoms with Crippen LogP contribution in [0.5, 0.6) is 5.75 Å². The van der Waals surface area contributed by atoms with Gasteiger partial charge in [0.05, 0.1) is 0 Å². The van der Waals surface area contributed by atoms with Gasteiger partial charge in [0.2, 0.25) is 5.43 Å². The van der Waals surface area contributed by atoms with Crippen molar-refractivity contribution in [1.82, 2.24) is 14.9 Å². The highest BCUT2D eigenvalue weighted by molar-refractivity contribution is 5.98. The van der Waals surface area contributed by atoms with Crippen LogP contribution in [0.25, 0.3) is 0 Å². The van der Waals surface area contributed by atoms with E-state index in [-0.39, 0.29) is 11.7 Å². The van der Waals surface area contributed by atoms with E-state index in [1.54, 1.807) is 0 Å². The minimum atomic E-state index is -1.20. The van der Waals surface area contributed by atoms with Crippen LogP contribution in [0.3, 0.4) is 0 Å². The lowest BCUT2D eigenvalue weighted by molar-refractivity contribution is 0.0780. The van der Waals surface area contributed by atoms with Gasteiger partial charge in [-0.25, -0.2) is 13.2 Å². The number of carbonyl (C=O) groups excluding carboxylic acids is 2. The molecule has 0 aliphatic carbocycles. The van der Waals surface area contributed by atoms with Gasteiger partial charge in [-0.2, -0.15) is 0 Å². The standard InChI is InChI=1S/C20H21F3N4O4/c1-10-4-3-5-26(2)20(31)16-18(29)17(28)13(9-27(16)25-10)19(30)24-8-12-14(22)6-11(21)7-15(12)23/h6-7,9-10,25,29H,3-5,8H2,1-2H3,(H,24,30). The number of nitrogens with zero attached hydrogens (tertiary/aromatic N) is 2. The van der Waals surface area contributed by atoms with E-state index >= 15 is 0 Å². The fraction of sp³-hybridized carbons (Fsp3) is 0.350. The van der Waals surface area contributed by atoms with Crippen LogP contribution in [-0.2, 0) is 6.54 Å². The Bertz CT molecular complexity index is 1080. The Hall–Kier alpha value is -3.50. The van der Waals surface area contributed by atoms with Gasteiger partial charge in [-0.15, -0.1) is 0 Å². The number of hydrogen-bond donors (Lipinski definition) is 3. The van der Waals surface area contributed by atoms with Gasteiger partial charge < -0.3 is 20.7 Å². The molecule has 11 heteroatoms. The molecule has 166 valence electrons. The largest absolute Gasteiger partial charge is 0.502 e. The zero-order valence-corrected chi connectivity index (χ0v) is 16.8. The lowest BCUT2D eigenvalue weighted by Gasteiger charge is -2.21. The molecule has 1 aromatic carbocycles. The summed E-state index contributed by atoms with van der Waals surface area (Å²) in [5.74, 6) is -6.08. The third-order valence-corrected chi connectivity index (χ3v) is 5.00. The average molecular weight is 438 g/mol. The Labute approximate surface area is 175 Å². The number of amides is 2. The fourth-order valence-electron chi connectivity index (χ4n) is 3.29. The number of carbonyl (C=O) groups is 2. The summed E-state index contributed by atoms with van der Waals surface area (Å²) >= 11 is 0. The van der Waals surface area contributed by atoms with E-state index in [2.05, 4.69) is 10.7 Å². The second kappa shape index (κ2) is 8.70. The maximum absolute atomic E-state index is 13.8. The van der Waals surface area contributed by atoms with Gasteiger partial charge in [0, 0.05) is 50.1 Å². The number of halogens is 3. The summed E-state index contributed by atoms with van der Waals surface area (Å²) in [6, 6.07) is 0.776. The van der Waals surface area contributed by atoms with E-state index in [1.807, 2.05) is 6.92 Å². The minimum absolute atomic E-state index is 0.154. The summed E-state index contributed by atoms with van der Waals surface area (Å²) in [5.41, 5.74) is 0.371. The molecule has 1 aliphatic rings. The van der Waals surface area contributed by atoms with Crippen LogP contribution in [0.2, 0.25) is 0 Å². The molecule has 2 amide bonds. The Kier molecular flexibility index (Phi) is 6.23. The van der Waals surface area contributed by atoms with Gasteiger partial charge in [-0.3, -0.25) is 19.1 Å². The molecule has 31 heavy (non-hydrogen) atoms. The van der Waals surface area contributed by atoms with Gasteiger partial charge in [-0.1, -0.05) is 0 Å². The molecule has 1 aromatic heterocycles. The molecule has 3 rings (SSSR count). The number of rotatable bonds is 3. The first-order valence-electron chi connectivity index (χ1n) is 9.52. The molecule has 0 saturated carbocycles. The Morgan fingerprint density at radius 3 is 2.55 bits per heavy atom. The molecular formula is C20H21F3N4O4. The minimum Gasteiger partial charge on any atom is -0.502 e. The predicted octanol–water partition coefficient (Wildman–Crippen LogP) is 1.70. The Morgan fingerprint density at radius 2 is 1.90 bits per heavy atom. The Balaban J connectivity index is 1.96. The second-order valence-corrected chi connectivity index (χ2v) is 7.37. The zero-order valence-electron chi connectivity index (χ0n) is 16.8. The van der Waals surface area contributed by atoms with Crippen LogP contribution < -0.4 is 16.2 Å². The number of fused-ring (bicyclic) bond motifs is 1. The van der Waals surface area contributed by atoms with Gasteiger partial charge >= 0.3 is 0 Å². The quantitative estimate of drug-likeness (QED) is 0.677. The molecule has 8 nitrogen and oxygen atoms in total. The maximum atomic E-state index is 13.8. The molecule has 3 N–H and O–H groups in total. The van der Waals surface area contributed by atoms with Crippen molar-refractivity contribution in [2.45, 2.75) is 32.4 Å². The molecule has 1 unspecified atom stereocenters. The van der Waals surface area contributed by atoms with E-state index in [9.17, 15) is 32.7 Å². The number of benzene rings is 1. The highest BCUT2D eigenvalue weighted by Gasteiger charge is 2.28. The van der Waals surface area contributed by atoms with E-state index in [1.165, 1.54) is 11.9 Å². The first-order valence-corrected chi connectivity index (χ1v) is 9.52. The summed E-state index contributed by atoms with van der Waals surface area (Å²) < 4.78 is 41.7. The number of hydrogen-bond acceptors (Lipinski definition) is 5. The summed E-state index contributed by atoms with van der Waals surface area (Å²) in [5, 5.41) is 12.6. The third kappa shape index (κ3) is 4.49. The van der Waals surface area contributed by atoms with Crippen molar-refractivity contribution in [3.8, 4) is 5.75 Å². The molecule has 2 aromatic rings. The van der Waals surface area contributed by atoms with E-state index in [0.29, 0.717) is 31.5 Å². The van der Waals surface area contributed by atoms with Crippen LogP contribution in [0.15, 0.2) is 23.1 Å². The monoisotopic (exact) mass is 438 g/mol. The average Bonchev–Trinajstić information content (AvgIpc) is 2.73. The Morgan fingerprint density at radius 1 is 1.26 bits per heavy atom. The van der Waals surface area contributed by atoms with Crippen LogP contribution in [0, 0.1) is 17.5 Å². The van der Waals surface area contributed by atoms with E-state index in [0.717, 1.165) is 10.9 Å². The molecular weight excluding hydrogens is 417 g/mol. The van der Waals surface area contributed by atoms with Crippen molar-refractivity contribution < 1.29 is 27.9 Å². The normalized spacial score (nSPS) is 16.6. The fourth-order valence-corrected chi connectivity index (χ4v) is 3.29. The van der Waals surface area contributed by atoms with Crippen molar-refractivity contribution in [3.05, 3.63) is 62.8 Å². The van der Waals surface area contributed by atoms with Crippen molar-refractivity contribution in [3.63, 3.8) is 0 Å². The number of aromatic hydroxyl groups is 1. The lowest BCUT2D eigenvalue weighted by Crippen LogP contribution is -2.37. The summed E-state index contributed by atoms with van der Waals surface area (Å²) in [6.07, 6.45) is 2.41. The third-order valence-electron chi connectivity index (χ3n) is 5.00.